The summed E-state index contributed by atoms with van der Waals surface area (Å²) in [6.07, 6.45) is 9.26. The summed E-state index contributed by atoms with van der Waals surface area (Å²) in [7, 11) is 0. The molecule has 0 aliphatic carbocycles. The normalized spacial score (nSPS) is 12.1. The summed E-state index contributed by atoms with van der Waals surface area (Å²) in [5, 5.41) is -0.536. The quantitative estimate of drug-likeness (QED) is 0.252. The van der Waals surface area contributed by atoms with Gasteiger partial charge in [0.2, 0.25) is 0 Å². The predicted octanol–water partition coefficient (Wildman–Crippen LogP) is 5.34. The lowest BCUT2D eigenvalue weighted by molar-refractivity contribution is -0.134. The van der Waals surface area contributed by atoms with Crippen LogP contribution in [-0.2, 0) is 4.79 Å². The van der Waals surface area contributed by atoms with Gasteiger partial charge < -0.3 is 4.74 Å². The predicted molar refractivity (Wildman–Crippen MR) is 84.3 cm³/mol. The van der Waals surface area contributed by atoms with Crippen molar-refractivity contribution < 1.29 is 9.53 Å². The Balaban J connectivity index is 2.10. The molecule has 0 N–H and O–H groups in total. The number of esters is 1. The zero-order chi connectivity index (χ0) is 14.6. The molecule has 0 bridgehead atoms. The molecule has 2 nitrogen and oxygen atoms in total. The highest BCUT2D eigenvalue weighted by Crippen LogP contribution is 2.16. The molecule has 0 fully saturated rings. The lowest BCUT2D eigenvalue weighted by Gasteiger charge is -2.09. The van der Waals surface area contributed by atoms with E-state index in [1.807, 2.05) is 18.2 Å². The Labute approximate surface area is 127 Å². The molecule has 20 heavy (non-hydrogen) atoms. The summed E-state index contributed by atoms with van der Waals surface area (Å²) in [5.74, 6) is 0.214. The van der Waals surface area contributed by atoms with Crippen LogP contribution in [0.15, 0.2) is 30.3 Å². The fraction of sp³-hybridized carbons (Fsp3) is 0.588. The molecule has 1 aromatic rings. The van der Waals surface area contributed by atoms with E-state index in [0.29, 0.717) is 12.2 Å². The van der Waals surface area contributed by atoms with Gasteiger partial charge in [0, 0.05) is 0 Å². The first-order valence-electron chi connectivity index (χ1n) is 7.65. The molecule has 0 heterocycles. The number of unbranched alkanes of at least 4 members (excludes halogenated alkanes) is 6. The SMILES string of the molecule is CCCCCCCCCC(Cl)C(=O)Oc1ccccc1. The fourth-order valence-electron chi connectivity index (χ4n) is 2.07. The van der Waals surface area contributed by atoms with E-state index >= 15 is 0 Å². The summed E-state index contributed by atoms with van der Waals surface area (Å²) < 4.78 is 5.22. The summed E-state index contributed by atoms with van der Waals surface area (Å²) in [6, 6.07) is 9.07. The van der Waals surface area contributed by atoms with Crippen LogP contribution in [-0.4, -0.2) is 11.3 Å². The smallest absolute Gasteiger partial charge is 0.329 e. The van der Waals surface area contributed by atoms with Crippen molar-refractivity contribution in [2.75, 3.05) is 0 Å². The lowest BCUT2D eigenvalue weighted by atomic mass is 10.1. The average Bonchev–Trinajstić information content (AvgIpc) is 2.47. The number of para-hydroxylation sites is 1. The van der Waals surface area contributed by atoms with Crippen LogP contribution in [0.4, 0.5) is 0 Å². The number of rotatable bonds is 10. The van der Waals surface area contributed by atoms with Crippen molar-refractivity contribution in [2.45, 2.75) is 63.7 Å². The van der Waals surface area contributed by atoms with E-state index < -0.39 is 5.38 Å². The van der Waals surface area contributed by atoms with Gasteiger partial charge in [0.1, 0.15) is 11.1 Å². The standard InChI is InChI=1S/C17H25ClO2/c1-2-3-4-5-6-7-11-14-16(18)17(19)20-15-12-9-8-10-13-15/h8-10,12-13,16H,2-7,11,14H2,1H3. The van der Waals surface area contributed by atoms with Crippen molar-refractivity contribution in [1.82, 2.24) is 0 Å². The molecule has 0 spiro atoms. The number of alkyl halides is 1. The molecule has 1 aromatic carbocycles. The third-order valence-electron chi connectivity index (χ3n) is 3.28. The van der Waals surface area contributed by atoms with E-state index in [2.05, 4.69) is 6.92 Å². The number of halogens is 1. The molecule has 0 aliphatic heterocycles. The molecular weight excluding hydrogens is 272 g/mol. The van der Waals surface area contributed by atoms with Gasteiger partial charge in [0.15, 0.2) is 0 Å². The monoisotopic (exact) mass is 296 g/mol. The Bertz CT molecular complexity index is 365. The minimum atomic E-state index is -0.536. The summed E-state index contributed by atoms with van der Waals surface area (Å²) in [5.41, 5.74) is 0. The molecule has 3 heteroatoms. The van der Waals surface area contributed by atoms with Crippen LogP contribution >= 0.6 is 11.6 Å². The number of ether oxygens (including phenoxy) is 1. The van der Waals surface area contributed by atoms with Crippen LogP contribution in [0.5, 0.6) is 5.75 Å². The molecule has 1 atom stereocenters. The van der Waals surface area contributed by atoms with Crippen LogP contribution in [0, 0.1) is 0 Å². The second-order valence-electron chi connectivity index (χ2n) is 5.11. The zero-order valence-electron chi connectivity index (χ0n) is 12.3. The van der Waals surface area contributed by atoms with E-state index in [9.17, 15) is 4.79 Å². The van der Waals surface area contributed by atoms with Crippen molar-refractivity contribution in [3.63, 3.8) is 0 Å². The second-order valence-corrected chi connectivity index (χ2v) is 5.64. The van der Waals surface area contributed by atoms with Crippen LogP contribution in [0.2, 0.25) is 0 Å². The molecular formula is C17H25ClO2. The Morgan fingerprint density at radius 1 is 1.05 bits per heavy atom. The first kappa shape index (κ1) is 17.0. The van der Waals surface area contributed by atoms with Crippen LogP contribution in [0.25, 0.3) is 0 Å². The maximum atomic E-state index is 11.8. The maximum absolute atomic E-state index is 11.8. The number of benzene rings is 1. The van der Waals surface area contributed by atoms with Crippen LogP contribution < -0.4 is 4.74 Å². The van der Waals surface area contributed by atoms with Crippen molar-refractivity contribution in [2.24, 2.45) is 0 Å². The lowest BCUT2D eigenvalue weighted by Crippen LogP contribution is -2.20. The highest BCUT2D eigenvalue weighted by atomic mass is 35.5. The van der Waals surface area contributed by atoms with Gasteiger partial charge >= 0.3 is 5.97 Å². The van der Waals surface area contributed by atoms with E-state index in [0.717, 1.165) is 12.8 Å². The number of hydrogen-bond acceptors (Lipinski definition) is 2. The Morgan fingerprint density at radius 3 is 2.30 bits per heavy atom. The maximum Gasteiger partial charge on any atom is 0.329 e. The van der Waals surface area contributed by atoms with Gasteiger partial charge in [0.05, 0.1) is 0 Å². The van der Waals surface area contributed by atoms with Crippen LogP contribution in [0.3, 0.4) is 0 Å². The van der Waals surface area contributed by atoms with Gasteiger partial charge in [0.25, 0.3) is 0 Å². The molecule has 0 aliphatic rings. The van der Waals surface area contributed by atoms with Crippen molar-refractivity contribution >= 4 is 17.6 Å². The van der Waals surface area contributed by atoms with E-state index in [1.165, 1.54) is 32.1 Å². The first-order chi connectivity index (χ1) is 9.74. The number of hydrogen-bond donors (Lipinski definition) is 0. The summed E-state index contributed by atoms with van der Waals surface area (Å²) >= 11 is 6.07. The first-order valence-corrected chi connectivity index (χ1v) is 8.08. The molecule has 1 unspecified atom stereocenters. The zero-order valence-corrected chi connectivity index (χ0v) is 13.1. The Hall–Kier alpha value is -1.02. The fourth-order valence-corrected chi connectivity index (χ4v) is 2.27. The number of carbonyl (C=O) groups is 1. The molecule has 1 rings (SSSR count). The molecule has 0 radical (unpaired) electrons. The molecule has 112 valence electrons. The van der Waals surface area contributed by atoms with Gasteiger partial charge in [-0.25, -0.2) is 0 Å². The topological polar surface area (TPSA) is 26.3 Å². The van der Waals surface area contributed by atoms with Crippen molar-refractivity contribution in [1.29, 1.82) is 0 Å². The van der Waals surface area contributed by atoms with E-state index in [-0.39, 0.29) is 5.97 Å². The summed E-state index contributed by atoms with van der Waals surface area (Å²) in [4.78, 5) is 11.8. The highest BCUT2D eigenvalue weighted by Gasteiger charge is 2.17. The Morgan fingerprint density at radius 2 is 1.65 bits per heavy atom. The average molecular weight is 297 g/mol. The minimum Gasteiger partial charge on any atom is -0.425 e. The second kappa shape index (κ2) is 10.7. The van der Waals surface area contributed by atoms with Gasteiger partial charge in [-0.2, -0.15) is 0 Å². The number of carbonyl (C=O) groups excluding carboxylic acids is 1. The molecule has 0 amide bonds. The molecule has 0 saturated heterocycles. The van der Waals surface area contributed by atoms with E-state index in [1.54, 1.807) is 12.1 Å². The molecule has 0 aromatic heterocycles. The van der Waals surface area contributed by atoms with Gasteiger partial charge in [-0.15, -0.1) is 11.6 Å². The van der Waals surface area contributed by atoms with Gasteiger partial charge in [-0.1, -0.05) is 70.1 Å². The van der Waals surface area contributed by atoms with Crippen molar-refractivity contribution in [3.05, 3.63) is 30.3 Å². The highest BCUT2D eigenvalue weighted by molar-refractivity contribution is 6.30. The minimum absolute atomic E-state index is 0.344. The van der Waals surface area contributed by atoms with Crippen LogP contribution in [0.1, 0.15) is 58.3 Å². The van der Waals surface area contributed by atoms with E-state index in [4.69, 9.17) is 16.3 Å². The third kappa shape index (κ3) is 7.54. The Kier molecular flexibility index (Phi) is 9.14. The molecule has 0 saturated carbocycles. The summed E-state index contributed by atoms with van der Waals surface area (Å²) in [6.45, 7) is 2.22. The largest absolute Gasteiger partial charge is 0.425 e. The van der Waals surface area contributed by atoms with Gasteiger partial charge in [-0.05, 0) is 18.6 Å². The third-order valence-corrected chi connectivity index (χ3v) is 3.67. The van der Waals surface area contributed by atoms with Gasteiger partial charge in [-0.3, -0.25) is 4.79 Å². The van der Waals surface area contributed by atoms with Crippen molar-refractivity contribution in [3.8, 4) is 5.75 Å².